The molecule has 16 aliphatic carbocycles. The van der Waals surface area contributed by atoms with E-state index in [2.05, 4.69) is 318 Å². The SMILES string of the molecule is C=CCCC1CCC(C(C)(C)C2C3C=C(C)C=CC3C3C=CC(C(C)(C)C)=CC32)C1.C=CCCC1CCC(C(C)(C)C2C3C=CC=CC3C3C=CC=CC32)C1.C=CCCCC(C)(C1CCCC1)C1C2C=C(C)C=CC2C2C=CC(C(C)(C)C)=CC21.C=CCCCC(C)(C1CCCC1)C1C2C=CC=CC2C2C=CC=CC21.[CH3-].[CH3-].[CH3-].[CH3-].[CH3-].[CH3-].[CH3-].[CH3-].[Cl][Zr+2][Cl].[Cl][Zr+2][Cl].[Cl][Zr+2][Cl].[Cl][Zr+2][Cl]. The quantitative estimate of drug-likeness (QED) is 0.0576. The first-order valence-electron chi connectivity index (χ1n) is 47.7. The van der Waals surface area contributed by atoms with E-state index in [0.29, 0.717) is 92.7 Å². The molecule has 0 aromatic carbocycles. The van der Waals surface area contributed by atoms with E-state index in [1.807, 2.05) is 0 Å². The summed E-state index contributed by atoms with van der Waals surface area (Å²) in [5, 5.41) is 0. The van der Waals surface area contributed by atoms with E-state index in [9.17, 15) is 0 Å². The zero-order chi connectivity index (χ0) is 88.7. The summed E-state index contributed by atoms with van der Waals surface area (Å²) in [6.07, 6.45) is 111. The van der Waals surface area contributed by atoms with Crippen molar-refractivity contribution >= 4 is 68.1 Å². The number of fused-ring (bicyclic) bond motifs is 12. The summed E-state index contributed by atoms with van der Waals surface area (Å²) < 4.78 is 0. The van der Waals surface area contributed by atoms with Crippen LogP contribution in [0.15, 0.2) is 243 Å². The van der Waals surface area contributed by atoms with Gasteiger partial charge in [0.25, 0.3) is 0 Å². The second-order valence-corrected chi connectivity index (χ2v) is 58.1. The molecule has 0 N–H and O–H groups in total. The zero-order valence-corrected chi connectivity index (χ0v) is 101. The summed E-state index contributed by atoms with van der Waals surface area (Å²) in [6.45, 7) is 50.5. The Bertz CT molecular complexity index is 3780. The molecule has 24 atom stereocenters. The zero-order valence-electron chi connectivity index (χ0n) is 85.3. The van der Waals surface area contributed by atoms with Crippen LogP contribution in [0.1, 0.15) is 251 Å². The fourth-order valence-electron chi connectivity index (χ4n) is 28.4. The van der Waals surface area contributed by atoms with Gasteiger partial charge in [-0.3, -0.25) is 0 Å². The minimum atomic E-state index is -0.826. The number of rotatable bonds is 22. The maximum atomic E-state index is 4.93. The van der Waals surface area contributed by atoms with E-state index in [1.165, 1.54) is 159 Å². The average molecular weight is 2250 g/mol. The molecule has 12 heteroatoms. The summed E-state index contributed by atoms with van der Waals surface area (Å²) in [5.74, 6) is 19.6. The number of halogens is 8. The summed E-state index contributed by atoms with van der Waals surface area (Å²) in [6, 6.07) is 0. The first-order chi connectivity index (χ1) is 58.4. The summed E-state index contributed by atoms with van der Waals surface area (Å²) >= 11 is -3.30. The van der Waals surface area contributed by atoms with Crippen molar-refractivity contribution in [3.05, 3.63) is 302 Å². The molecule has 0 bridgehead atoms. The Kier molecular flexibility index (Phi) is 61.0. The third-order valence-electron chi connectivity index (χ3n) is 34.1. The first kappa shape index (κ1) is 129. The van der Waals surface area contributed by atoms with Gasteiger partial charge in [-0.05, 0) is 327 Å². The van der Waals surface area contributed by atoms with Crippen molar-refractivity contribution in [2.24, 2.45) is 186 Å². The van der Waals surface area contributed by atoms with Crippen LogP contribution in [0.25, 0.3) is 0 Å². The number of hydrogen-bond donors (Lipinski definition) is 0. The van der Waals surface area contributed by atoms with Crippen LogP contribution in [0.3, 0.4) is 0 Å². The summed E-state index contributed by atoms with van der Waals surface area (Å²) in [7, 11) is 39.5. The number of allylic oxidation sites excluding steroid dienone is 36. The molecule has 16 rings (SSSR count). The fourth-order valence-corrected chi connectivity index (χ4v) is 28.4. The molecule has 24 unspecified atom stereocenters. The molecule has 0 nitrogen and oxygen atoms in total. The Morgan fingerprint density at radius 1 is 0.292 bits per heavy atom. The third-order valence-corrected chi connectivity index (χ3v) is 34.1. The van der Waals surface area contributed by atoms with Gasteiger partial charge >= 0.3 is 151 Å². The van der Waals surface area contributed by atoms with Crippen LogP contribution < -0.4 is 0 Å². The average Bonchev–Trinajstić information content (AvgIpc) is 1.59. The van der Waals surface area contributed by atoms with E-state index in [1.54, 1.807) is 11.1 Å². The van der Waals surface area contributed by atoms with Crippen molar-refractivity contribution in [1.29, 1.82) is 0 Å². The van der Waals surface area contributed by atoms with Gasteiger partial charge in [-0.15, -0.1) is 26.3 Å². The molecule has 16 aliphatic rings. The Morgan fingerprint density at radius 3 is 0.823 bits per heavy atom. The molecule has 8 fully saturated rings. The first-order valence-corrected chi connectivity index (χ1v) is 73.0. The Balaban J connectivity index is 0.000000817. The molecule has 8 saturated carbocycles. The molecule has 0 spiro atoms. The van der Waals surface area contributed by atoms with Crippen molar-refractivity contribution in [2.75, 3.05) is 0 Å². The van der Waals surface area contributed by atoms with E-state index in [-0.39, 0.29) is 70.2 Å². The number of unbranched alkanes of at least 4 members (excludes halogenated alkanes) is 2. The normalized spacial score (nSPS) is 32.7. The van der Waals surface area contributed by atoms with Gasteiger partial charge in [-0.25, -0.2) is 0 Å². The second kappa shape index (κ2) is 61.6. The second-order valence-electron chi connectivity index (χ2n) is 43.2. The van der Waals surface area contributed by atoms with Crippen molar-refractivity contribution in [3.63, 3.8) is 0 Å². The molecular weight excluding hydrogens is 2070 g/mol. The van der Waals surface area contributed by atoms with Crippen molar-refractivity contribution in [2.45, 2.75) is 251 Å². The number of hydrogen-bond acceptors (Lipinski definition) is 0. The Hall–Kier alpha value is 0.652. The van der Waals surface area contributed by atoms with Crippen molar-refractivity contribution in [1.82, 2.24) is 0 Å². The Labute approximate surface area is 880 Å². The van der Waals surface area contributed by atoms with Crippen molar-refractivity contribution in [3.8, 4) is 0 Å². The maximum absolute atomic E-state index is 4.93. The van der Waals surface area contributed by atoms with Crippen LogP contribution in [0.5, 0.6) is 0 Å². The molecule has 0 heterocycles. The van der Waals surface area contributed by atoms with Crippen LogP contribution in [0.2, 0.25) is 0 Å². The van der Waals surface area contributed by atoms with Crippen LogP contribution in [0, 0.1) is 246 Å². The summed E-state index contributed by atoms with van der Waals surface area (Å²) in [4.78, 5) is 0. The molecule has 724 valence electrons. The summed E-state index contributed by atoms with van der Waals surface area (Å²) in [5.41, 5.74) is 8.18. The molecule has 0 aliphatic heterocycles. The van der Waals surface area contributed by atoms with Gasteiger partial charge in [0, 0.05) is 0 Å². The predicted octanol–water partition coefficient (Wildman–Crippen LogP) is 40.0. The fraction of sp³-hybridized carbons (Fsp3) is 0.593. The van der Waals surface area contributed by atoms with E-state index in [4.69, 9.17) is 68.1 Å². The topological polar surface area (TPSA) is 0 Å². The van der Waals surface area contributed by atoms with Crippen LogP contribution in [-0.4, -0.2) is 0 Å². The van der Waals surface area contributed by atoms with E-state index in [0.717, 1.165) is 89.3 Å². The van der Waals surface area contributed by atoms with Gasteiger partial charge in [0.2, 0.25) is 0 Å². The van der Waals surface area contributed by atoms with Gasteiger partial charge < -0.3 is 59.4 Å². The molecule has 130 heavy (non-hydrogen) atoms. The van der Waals surface area contributed by atoms with Gasteiger partial charge in [-0.2, -0.15) is 0 Å². The molecule has 0 aromatic heterocycles. The van der Waals surface area contributed by atoms with E-state index < -0.39 is 83.4 Å². The molecule has 0 saturated heterocycles. The van der Waals surface area contributed by atoms with Gasteiger partial charge in [0.05, 0.1) is 0 Å². The predicted molar refractivity (Wildman–Crippen MR) is 577 cm³/mol. The van der Waals surface area contributed by atoms with E-state index >= 15 is 0 Å². The Morgan fingerprint density at radius 2 is 0.531 bits per heavy atom. The van der Waals surface area contributed by atoms with Crippen molar-refractivity contribution < 1.29 is 83.4 Å². The molecular formula is C118H180Cl8Zr4. The van der Waals surface area contributed by atoms with Gasteiger partial charge in [0.1, 0.15) is 0 Å². The van der Waals surface area contributed by atoms with Crippen LogP contribution in [-0.2, 0) is 83.4 Å². The van der Waals surface area contributed by atoms with Gasteiger partial charge in [-0.1, -0.05) is 327 Å². The molecule has 0 radical (unpaired) electrons. The van der Waals surface area contributed by atoms with Crippen LogP contribution in [0.4, 0.5) is 0 Å². The standard InChI is InChI=1S/2C30H44.2C25H34.8CH3.8ClH.4Zr/c1-8-9-10-21-12-13-23(18-21)30(6,7)28-26-17-20(2)11-15-24(26)25-16-14-22(19-27(25)28)29(3,4)5;1-7-8-11-18-30(6,22-12-9-10-13-22)28-26-19-21(2)14-16-24(26)25-17-15-23(20-27(25)28)29(3,4)5;1-4-5-10-18-15-16-19(17-18)25(2,3)24-22-13-8-6-11-20(22)21-12-7-9-14-23(21)24;1-3-4-11-18-25(2,19-12-5-6-13-19)24-22-16-9-7-14-20(22)21-15-8-10-17-23(21)24;;;;;;;;;;;;;;;;;;;;/h8,11,14-17,19,21,23-28H,1,9-10,12-13,18H2,2-7H3;7,14-17,19-20,22,24-28H,1,8-13,18H2,2-6H3;4,6-9,11-14,18-24H,1,5,10,15-17H2,2-3H3;3,7-10,14-17,19-24H,1,4-6,11-13,18H2,2H3;8*1H3;8*1H;;;;/q;;;;8*-1;;;;;;;;;4*+4/p-8. The van der Waals surface area contributed by atoms with Crippen LogP contribution >= 0.6 is 68.1 Å². The monoisotopic (exact) mass is 2240 g/mol. The third kappa shape index (κ3) is 31.8. The van der Waals surface area contributed by atoms with Gasteiger partial charge in [0.15, 0.2) is 0 Å². The molecule has 0 aromatic rings. The minimum absolute atomic E-state index is 0. The molecule has 0 amide bonds.